The molecule has 10 heavy (non-hydrogen) atoms. The molecule has 3 fully saturated rings. The van der Waals surface area contributed by atoms with Gasteiger partial charge in [0.05, 0.1) is 0 Å². The summed E-state index contributed by atoms with van der Waals surface area (Å²) in [5.74, 6) is 0.986. The summed E-state index contributed by atoms with van der Waals surface area (Å²) in [5, 5.41) is 3.61. The molecule has 2 saturated heterocycles. The second-order valence-corrected chi connectivity index (χ2v) is 4.60. The summed E-state index contributed by atoms with van der Waals surface area (Å²) in [5.41, 5.74) is 0.584. The summed E-state index contributed by atoms with van der Waals surface area (Å²) >= 11 is 0. The fourth-order valence-corrected chi connectivity index (χ4v) is 2.64. The van der Waals surface area contributed by atoms with E-state index < -0.39 is 0 Å². The van der Waals surface area contributed by atoms with Crippen LogP contribution in [0.3, 0.4) is 0 Å². The van der Waals surface area contributed by atoms with Gasteiger partial charge in [0.15, 0.2) is 0 Å². The maximum Gasteiger partial charge on any atom is 0.0119 e. The molecule has 2 atom stereocenters. The van der Waals surface area contributed by atoms with Gasteiger partial charge in [0.1, 0.15) is 0 Å². The molecular weight excluding hydrogens is 122 g/mol. The highest BCUT2D eigenvalue weighted by Crippen LogP contribution is 2.41. The zero-order valence-corrected chi connectivity index (χ0v) is 6.98. The standard InChI is InChI=1S/C9H17N/c1-9(2)5-7-3-4-8(9)10-6-7/h7-8,10H,3-6H2,1-2H3. The number of fused-ring (bicyclic) bond motifs is 3. The smallest absolute Gasteiger partial charge is 0.0119 e. The van der Waals surface area contributed by atoms with Gasteiger partial charge in [-0.15, -0.1) is 0 Å². The Morgan fingerprint density at radius 1 is 1.30 bits per heavy atom. The topological polar surface area (TPSA) is 12.0 Å². The highest BCUT2D eigenvalue weighted by Gasteiger charge is 2.40. The average molecular weight is 139 g/mol. The van der Waals surface area contributed by atoms with Crippen molar-refractivity contribution < 1.29 is 0 Å². The Labute approximate surface area is 63.2 Å². The van der Waals surface area contributed by atoms with E-state index in [-0.39, 0.29) is 0 Å². The van der Waals surface area contributed by atoms with Gasteiger partial charge in [-0.3, -0.25) is 0 Å². The summed E-state index contributed by atoms with van der Waals surface area (Å²) in [6, 6.07) is 0.817. The van der Waals surface area contributed by atoms with Crippen LogP contribution in [0.2, 0.25) is 0 Å². The van der Waals surface area contributed by atoms with Crippen molar-refractivity contribution in [2.75, 3.05) is 6.54 Å². The fraction of sp³-hybridized carbons (Fsp3) is 1.00. The normalized spacial score (nSPS) is 43.8. The van der Waals surface area contributed by atoms with Gasteiger partial charge in [-0.05, 0) is 37.1 Å². The molecule has 2 bridgehead atoms. The minimum absolute atomic E-state index is 0.584. The van der Waals surface area contributed by atoms with E-state index in [1.165, 1.54) is 25.8 Å². The first-order valence-electron chi connectivity index (χ1n) is 4.42. The maximum atomic E-state index is 3.61. The van der Waals surface area contributed by atoms with E-state index in [1.54, 1.807) is 0 Å². The Balaban J connectivity index is 2.15. The first kappa shape index (κ1) is 6.66. The Morgan fingerprint density at radius 2 is 2.10 bits per heavy atom. The summed E-state index contributed by atoms with van der Waals surface area (Å²) in [6.07, 6.45) is 4.34. The van der Waals surface area contributed by atoms with Crippen LogP contribution in [0.15, 0.2) is 0 Å². The van der Waals surface area contributed by atoms with Gasteiger partial charge in [-0.2, -0.15) is 0 Å². The fourth-order valence-electron chi connectivity index (χ4n) is 2.64. The van der Waals surface area contributed by atoms with Gasteiger partial charge in [-0.1, -0.05) is 13.8 Å². The molecule has 1 heteroatoms. The Kier molecular flexibility index (Phi) is 1.31. The van der Waals surface area contributed by atoms with Crippen molar-refractivity contribution in [3.8, 4) is 0 Å². The van der Waals surface area contributed by atoms with Crippen LogP contribution in [0.1, 0.15) is 33.1 Å². The third-order valence-electron chi connectivity index (χ3n) is 3.27. The van der Waals surface area contributed by atoms with Crippen molar-refractivity contribution in [1.29, 1.82) is 0 Å². The third kappa shape index (κ3) is 0.878. The van der Waals surface area contributed by atoms with Gasteiger partial charge in [0.25, 0.3) is 0 Å². The van der Waals surface area contributed by atoms with Gasteiger partial charge in [0.2, 0.25) is 0 Å². The number of rotatable bonds is 0. The first-order chi connectivity index (χ1) is 4.68. The first-order valence-corrected chi connectivity index (χ1v) is 4.42. The van der Waals surface area contributed by atoms with E-state index in [4.69, 9.17) is 0 Å². The Morgan fingerprint density at radius 3 is 2.30 bits per heavy atom. The molecule has 0 amide bonds. The van der Waals surface area contributed by atoms with E-state index in [0.717, 1.165) is 12.0 Å². The molecule has 2 heterocycles. The molecule has 1 saturated carbocycles. The van der Waals surface area contributed by atoms with Crippen LogP contribution in [-0.4, -0.2) is 12.6 Å². The lowest BCUT2D eigenvalue weighted by atomic mass is 9.66. The monoisotopic (exact) mass is 139 g/mol. The molecule has 58 valence electrons. The van der Waals surface area contributed by atoms with E-state index in [2.05, 4.69) is 19.2 Å². The van der Waals surface area contributed by atoms with E-state index in [1.807, 2.05) is 0 Å². The zero-order chi connectivity index (χ0) is 7.19. The molecule has 1 aliphatic carbocycles. The molecule has 3 rings (SSSR count). The summed E-state index contributed by atoms with van der Waals surface area (Å²) in [7, 11) is 0. The van der Waals surface area contributed by atoms with Crippen molar-refractivity contribution in [2.24, 2.45) is 11.3 Å². The summed E-state index contributed by atoms with van der Waals surface area (Å²) < 4.78 is 0. The second kappa shape index (κ2) is 1.97. The predicted molar refractivity (Wildman–Crippen MR) is 42.9 cm³/mol. The highest BCUT2D eigenvalue weighted by molar-refractivity contribution is 4.96. The van der Waals surface area contributed by atoms with E-state index in [0.29, 0.717) is 5.41 Å². The second-order valence-electron chi connectivity index (χ2n) is 4.60. The van der Waals surface area contributed by atoms with E-state index >= 15 is 0 Å². The number of piperidine rings is 2. The van der Waals surface area contributed by atoms with Gasteiger partial charge >= 0.3 is 0 Å². The predicted octanol–water partition coefficient (Wildman–Crippen LogP) is 1.78. The van der Waals surface area contributed by atoms with Crippen molar-refractivity contribution in [1.82, 2.24) is 5.32 Å². The Hall–Kier alpha value is -0.0400. The van der Waals surface area contributed by atoms with Crippen molar-refractivity contribution in [3.05, 3.63) is 0 Å². The molecule has 2 unspecified atom stereocenters. The lowest BCUT2D eigenvalue weighted by molar-refractivity contribution is 0.0695. The quantitative estimate of drug-likeness (QED) is 0.539. The molecule has 0 aromatic carbocycles. The lowest BCUT2D eigenvalue weighted by Gasteiger charge is -2.48. The molecule has 3 aliphatic rings. The summed E-state index contributed by atoms with van der Waals surface area (Å²) in [6.45, 7) is 6.08. The van der Waals surface area contributed by atoms with Crippen LogP contribution >= 0.6 is 0 Å². The van der Waals surface area contributed by atoms with Crippen LogP contribution in [0.25, 0.3) is 0 Å². The lowest BCUT2D eigenvalue weighted by Crippen LogP contribution is -2.54. The number of hydrogen-bond donors (Lipinski definition) is 1. The van der Waals surface area contributed by atoms with Crippen LogP contribution in [-0.2, 0) is 0 Å². The summed E-state index contributed by atoms with van der Waals surface area (Å²) in [4.78, 5) is 0. The third-order valence-corrected chi connectivity index (χ3v) is 3.27. The van der Waals surface area contributed by atoms with Gasteiger partial charge in [0, 0.05) is 6.04 Å². The molecular formula is C9H17N. The van der Waals surface area contributed by atoms with Gasteiger partial charge in [-0.25, -0.2) is 0 Å². The maximum absolute atomic E-state index is 3.61. The van der Waals surface area contributed by atoms with Crippen LogP contribution in [0.5, 0.6) is 0 Å². The van der Waals surface area contributed by atoms with E-state index in [9.17, 15) is 0 Å². The average Bonchev–Trinajstić information content (AvgIpc) is 1.87. The number of nitrogens with one attached hydrogen (secondary N) is 1. The SMILES string of the molecule is CC1(C)CC2CCC1NC2. The Bertz CT molecular complexity index is 132. The molecule has 0 aromatic rings. The van der Waals surface area contributed by atoms with Crippen LogP contribution in [0.4, 0.5) is 0 Å². The largest absolute Gasteiger partial charge is 0.313 e. The molecule has 0 spiro atoms. The molecule has 1 nitrogen and oxygen atoms in total. The van der Waals surface area contributed by atoms with Crippen LogP contribution < -0.4 is 5.32 Å². The van der Waals surface area contributed by atoms with Crippen molar-refractivity contribution in [3.63, 3.8) is 0 Å². The van der Waals surface area contributed by atoms with Crippen molar-refractivity contribution >= 4 is 0 Å². The molecule has 0 radical (unpaired) electrons. The minimum atomic E-state index is 0.584. The van der Waals surface area contributed by atoms with Gasteiger partial charge < -0.3 is 5.32 Å². The van der Waals surface area contributed by atoms with Crippen molar-refractivity contribution in [2.45, 2.75) is 39.2 Å². The molecule has 0 aromatic heterocycles. The number of hydrogen-bond acceptors (Lipinski definition) is 1. The van der Waals surface area contributed by atoms with Crippen LogP contribution in [0, 0.1) is 11.3 Å². The highest BCUT2D eigenvalue weighted by atomic mass is 15.0. The zero-order valence-electron chi connectivity index (χ0n) is 6.98. The minimum Gasteiger partial charge on any atom is -0.313 e. The molecule has 2 aliphatic heterocycles. The molecule has 1 N–H and O–H groups in total.